The molecule has 0 radical (unpaired) electrons. The molecular formula is C9H17NO. The van der Waals surface area contributed by atoms with Gasteiger partial charge in [-0.2, -0.15) is 0 Å². The molecule has 0 aliphatic heterocycles. The third kappa shape index (κ3) is 1.00. The van der Waals surface area contributed by atoms with Crippen molar-refractivity contribution < 1.29 is 5.11 Å². The highest BCUT2D eigenvalue weighted by atomic mass is 16.3. The normalized spacial score (nSPS) is 49.1. The molecule has 2 bridgehead atoms. The van der Waals surface area contributed by atoms with Crippen LogP contribution in [0.1, 0.15) is 19.3 Å². The van der Waals surface area contributed by atoms with Crippen LogP contribution in [0.2, 0.25) is 0 Å². The summed E-state index contributed by atoms with van der Waals surface area (Å²) >= 11 is 0. The van der Waals surface area contributed by atoms with Gasteiger partial charge in [0, 0.05) is 6.04 Å². The summed E-state index contributed by atoms with van der Waals surface area (Å²) in [5.41, 5.74) is 0. The molecule has 0 aromatic rings. The van der Waals surface area contributed by atoms with Crippen molar-refractivity contribution in [1.82, 2.24) is 4.90 Å². The van der Waals surface area contributed by atoms with Crippen molar-refractivity contribution >= 4 is 0 Å². The number of aliphatic hydroxyl groups excluding tert-OH is 1. The highest BCUT2D eigenvalue weighted by molar-refractivity contribution is 5.00. The van der Waals surface area contributed by atoms with E-state index in [1.165, 1.54) is 19.3 Å². The fourth-order valence-electron chi connectivity index (χ4n) is 2.96. The Morgan fingerprint density at radius 1 is 1.18 bits per heavy atom. The molecule has 2 heteroatoms. The number of fused-ring (bicyclic) bond motifs is 2. The molecule has 2 saturated carbocycles. The van der Waals surface area contributed by atoms with Crippen LogP contribution in [0, 0.1) is 11.8 Å². The molecule has 1 N–H and O–H groups in total. The van der Waals surface area contributed by atoms with E-state index in [9.17, 15) is 5.11 Å². The number of hydrogen-bond acceptors (Lipinski definition) is 2. The van der Waals surface area contributed by atoms with Crippen molar-refractivity contribution in [2.24, 2.45) is 11.8 Å². The van der Waals surface area contributed by atoms with Gasteiger partial charge < -0.3 is 10.0 Å². The third-order valence-corrected chi connectivity index (χ3v) is 3.43. The van der Waals surface area contributed by atoms with Crippen molar-refractivity contribution in [1.29, 1.82) is 0 Å². The molecule has 0 unspecified atom stereocenters. The first-order chi connectivity index (χ1) is 5.20. The van der Waals surface area contributed by atoms with E-state index in [1.807, 2.05) is 0 Å². The van der Waals surface area contributed by atoms with Gasteiger partial charge in [0.25, 0.3) is 0 Å². The average molecular weight is 155 g/mol. The maximum Gasteiger partial charge on any atom is 0.0726 e. The Morgan fingerprint density at radius 3 is 2.18 bits per heavy atom. The Balaban J connectivity index is 2.11. The van der Waals surface area contributed by atoms with Crippen molar-refractivity contribution in [3.63, 3.8) is 0 Å². The van der Waals surface area contributed by atoms with E-state index in [-0.39, 0.29) is 6.10 Å². The molecule has 64 valence electrons. The first-order valence-corrected chi connectivity index (χ1v) is 4.54. The van der Waals surface area contributed by atoms with Crippen molar-refractivity contribution in [2.75, 3.05) is 14.1 Å². The zero-order chi connectivity index (χ0) is 8.01. The Morgan fingerprint density at radius 2 is 1.82 bits per heavy atom. The molecule has 11 heavy (non-hydrogen) atoms. The lowest BCUT2D eigenvalue weighted by Crippen LogP contribution is -2.43. The number of likely N-dealkylation sites (N-methyl/N-ethyl adjacent to an activating group) is 1. The van der Waals surface area contributed by atoms with Crippen molar-refractivity contribution in [2.45, 2.75) is 31.4 Å². The van der Waals surface area contributed by atoms with Crippen LogP contribution in [0.15, 0.2) is 0 Å². The SMILES string of the molecule is CN(C)[C@H]1[C@H]2CC[C@H](C2)[C@H]1O. The molecule has 2 aliphatic rings. The second-order valence-electron chi connectivity index (χ2n) is 4.28. The van der Waals surface area contributed by atoms with Gasteiger partial charge in [-0.05, 0) is 45.2 Å². The second kappa shape index (κ2) is 2.46. The Labute approximate surface area is 68.2 Å². The first kappa shape index (κ1) is 7.56. The van der Waals surface area contributed by atoms with Crippen molar-refractivity contribution in [3.8, 4) is 0 Å². The topological polar surface area (TPSA) is 23.5 Å². The summed E-state index contributed by atoms with van der Waals surface area (Å²) in [6.45, 7) is 0. The number of rotatable bonds is 1. The van der Waals surface area contributed by atoms with Gasteiger partial charge in [-0.15, -0.1) is 0 Å². The van der Waals surface area contributed by atoms with Gasteiger partial charge in [-0.1, -0.05) is 0 Å². The summed E-state index contributed by atoms with van der Waals surface area (Å²) in [5, 5.41) is 9.81. The summed E-state index contributed by atoms with van der Waals surface area (Å²) in [5.74, 6) is 1.40. The third-order valence-electron chi connectivity index (χ3n) is 3.43. The minimum Gasteiger partial charge on any atom is -0.391 e. The molecule has 4 atom stereocenters. The maximum absolute atomic E-state index is 9.81. The van der Waals surface area contributed by atoms with Crippen LogP contribution in [0.5, 0.6) is 0 Å². The van der Waals surface area contributed by atoms with Crippen LogP contribution < -0.4 is 0 Å². The van der Waals surface area contributed by atoms with Gasteiger partial charge in [0.05, 0.1) is 6.10 Å². The Bertz CT molecular complexity index is 156. The monoisotopic (exact) mass is 155 g/mol. The minimum absolute atomic E-state index is 0.0382. The van der Waals surface area contributed by atoms with E-state index < -0.39 is 0 Å². The number of nitrogens with zero attached hydrogens (tertiary/aromatic N) is 1. The van der Waals surface area contributed by atoms with Crippen LogP contribution in [-0.4, -0.2) is 36.2 Å². The van der Waals surface area contributed by atoms with Gasteiger partial charge in [0.15, 0.2) is 0 Å². The minimum atomic E-state index is -0.0382. The zero-order valence-electron chi connectivity index (χ0n) is 7.33. The smallest absolute Gasteiger partial charge is 0.0726 e. The predicted octanol–water partition coefficient (Wildman–Crippen LogP) is 0.707. The summed E-state index contributed by atoms with van der Waals surface area (Å²) in [6.07, 6.45) is 3.83. The molecular weight excluding hydrogens is 138 g/mol. The molecule has 2 fully saturated rings. The Hall–Kier alpha value is -0.0800. The molecule has 0 spiro atoms. The highest BCUT2D eigenvalue weighted by Gasteiger charge is 2.47. The van der Waals surface area contributed by atoms with E-state index in [2.05, 4.69) is 19.0 Å². The Kier molecular flexibility index (Phi) is 1.69. The van der Waals surface area contributed by atoms with E-state index >= 15 is 0 Å². The maximum atomic E-state index is 9.81. The molecule has 2 rings (SSSR count). The summed E-state index contributed by atoms with van der Waals surface area (Å²) < 4.78 is 0. The standard InChI is InChI=1S/C9H17NO/c1-10(2)8-6-3-4-7(5-6)9(8)11/h6-9,11H,3-5H2,1-2H3/t6-,7+,8-,9+/m0/s1. The molecule has 2 nitrogen and oxygen atoms in total. The lowest BCUT2D eigenvalue weighted by molar-refractivity contribution is 0.0349. The molecule has 0 heterocycles. The van der Waals surface area contributed by atoms with Gasteiger partial charge in [0.1, 0.15) is 0 Å². The summed E-state index contributed by atoms with van der Waals surface area (Å²) in [6, 6.07) is 0.453. The lowest BCUT2D eigenvalue weighted by Gasteiger charge is -2.32. The van der Waals surface area contributed by atoms with Crippen LogP contribution >= 0.6 is 0 Å². The van der Waals surface area contributed by atoms with E-state index in [1.54, 1.807) is 0 Å². The number of hydrogen-bond donors (Lipinski definition) is 1. The van der Waals surface area contributed by atoms with Crippen LogP contribution in [0.3, 0.4) is 0 Å². The second-order valence-corrected chi connectivity index (χ2v) is 4.28. The molecule has 2 aliphatic carbocycles. The number of aliphatic hydroxyl groups is 1. The van der Waals surface area contributed by atoms with Gasteiger partial charge in [-0.3, -0.25) is 0 Å². The van der Waals surface area contributed by atoms with Crippen molar-refractivity contribution in [3.05, 3.63) is 0 Å². The van der Waals surface area contributed by atoms with Crippen LogP contribution in [-0.2, 0) is 0 Å². The fraction of sp³-hybridized carbons (Fsp3) is 1.00. The van der Waals surface area contributed by atoms with Gasteiger partial charge >= 0.3 is 0 Å². The lowest BCUT2D eigenvalue weighted by atomic mass is 9.92. The summed E-state index contributed by atoms with van der Waals surface area (Å²) in [7, 11) is 4.16. The molecule has 0 aromatic heterocycles. The average Bonchev–Trinajstić information content (AvgIpc) is 2.44. The van der Waals surface area contributed by atoms with E-state index in [0.29, 0.717) is 12.0 Å². The highest BCUT2D eigenvalue weighted by Crippen LogP contribution is 2.46. The van der Waals surface area contributed by atoms with Gasteiger partial charge in [0.2, 0.25) is 0 Å². The quantitative estimate of drug-likeness (QED) is 0.602. The molecule has 0 saturated heterocycles. The van der Waals surface area contributed by atoms with Gasteiger partial charge in [-0.25, -0.2) is 0 Å². The van der Waals surface area contributed by atoms with Crippen LogP contribution in [0.25, 0.3) is 0 Å². The van der Waals surface area contributed by atoms with Crippen LogP contribution in [0.4, 0.5) is 0 Å². The molecule has 0 amide bonds. The van der Waals surface area contributed by atoms with E-state index in [0.717, 1.165) is 5.92 Å². The fourth-order valence-corrected chi connectivity index (χ4v) is 2.96. The zero-order valence-corrected chi connectivity index (χ0v) is 7.33. The van der Waals surface area contributed by atoms with E-state index in [4.69, 9.17) is 0 Å². The predicted molar refractivity (Wildman–Crippen MR) is 44.3 cm³/mol. The summed E-state index contributed by atoms with van der Waals surface area (Å²) in [4.78, 5) is 2.19. The first-order valence-electron chi connectivity index (χ1n) is 4.54. The molecule has 0 aromatic carbocycles. The largest absolute Gasteiger partial charge is 0.391 e.